The Balaban J connectivity index is 1.70. The molecule has 5 heteroatoms. The quantitative estimate of drug-likeness (QED) is 0.875. The third-order valence-corrected chi connectivity index (χ3v) is 5.34. The van der Waals surface area contributed by atoms with Crippen molar-refractivity contribution >= 4 is 22.4 Å². The normalized spacial score (nSPS) is 21.7. The SMILES string of the molecule is CC1(C(=O)Nc2nc3c(s2)CNCC3)CCCCC1. The van der Waals surface area contributed by atoms with E-state index < -0.39 is 0 Å². The molecule has 1 saturated carbocycles. The lowest BCUT2D eigenvalue weighted by atomic mass is 9.75. The monoisotopic (exact) mass is 279 g/mol. The number of aromatic nitrogens is 1. The van der Waals surface area contributed by atoms with Gasteiger partial charge >= 0.3 is 0 Å². The molecule has 1 aromatic heterocycles. The minimum atomic E-state index is -0.192. The first-order chi connectivity index (χ1) is 9.17. The van der Waals surface area contributed by atoms with Crippen LogP contribution in [0.15, 0.2) is 0 Å². The molecule has 0 bridgehead atoms. The van der Waals surface area contributed by atoms with Crippen LogP contribution in [-0.4, -0.2) is 17.4 Å². The standard InChI is InChI=1S/C14H21N3OS/c1-14(6-3-2-4-7-14)12(18)17-13-16-10-5-8-15-9-11(10)19-13/h15H,2-9H2,1H3,(H,16,17,18). The van der Waals surface area contributed by atoms with E-state index in [4.69, 9.17) is 0 Å². The van der Waals surface area contributed by atoms with Gasteiger partial charge in [0.2, 0.25) is 5.91 Å². The zero-order valence-corrected chi connectivity index (χ0v) is 12.2. The lowest BCUT2D eigenvalue weighted by Crippen LogP contribution is -2.35. The summed E-state index contributed by atoms with van der Waals surface area (Å²) in [6.45, 7) is 3.97. The van der Waals surface area contributed by atoms with Gasteiger partial charge in [0.1, 0.15) is 0 Å². The number of hydrogen-bond donors (Lipinski definition) is 2. The molecule has 104 valence electrons. The summed E-state index contributed by atoms with van der Waals surface area (Å²) >= 11 is 1.62. The largest absolute Gasteiger partial charge is 0.311 e. The van der Waals surface area contributed by atoms with E-state index in [1.165, 1.54) is 24.1 Å². The Morgan fingerprint density at radius 1 is 1.37 bits per heavy atom. The van der Waals surface area contributed by atoms with Gasteiger partial charge in [0.15, 0.2) is 5.13 Å². The van der Waals surface area contributed by atoms with Crippen molar-refractivity contribution in [2.75, 3.05) is 11.9 Å². The van der Waals surface area contributed by atoms with Crippen molar-refractivity contribution in [1.29, 1.82) is 0 Å². The Morgan fingerprint density at radius 2 is 2.16 bits per heavy atom. The van der Waals surface area contributed by atoms with Gasteiger partial charge in [-0.15, -0.1) is 11.3 Å². The molecular weight excluding hydrogens is 258 g/mol. The molecule has 1 aliphatic heterocycles. The number of amides is 1. The number of thiazole rings is 1. The molecule has 1 aliphatic carbocycles. The van der Waals surface area contributed by atoms with Crippen LogP contribution < -0.4 is 10.6 Å². The Hall–Kier alpha value is -0.940. The van der Waals surface area contributed by atoms with Crippen molar-refractivity contribution in [2.24, 2.45) is 5.41 Å². The number of anilines is 1. The third-order valence-electron chi connectivity index (χ3n) is 4.33. The highest BCUT2D eigenvalue weighted by molar-refractivity contribution is 7.15. The number of hydrogen-bond acceptors (Lipinski definition) is 4. The van der Waals surface area contributed by atoms with E-state index in [1.54, 1.807) is 11.3 Å². The maximum atomic E-state index is 12.4. The first-order valence-corrected chi connectivity index (χ1v) is 8.00. The van der Waals surface area contributed by atoms with E-state index in [9.17, 15) is 4.79 Å². The lowest BCUT2D eigenvalue weighted by molar-refractivity contribution is -0.126. The predicted octanol–water partition coefficient (Wildman–Crippen LogP) is 2.70. The van der Waals surface area contributed by atoms with Crippen LogP contribution in [0.4, 0.5) is 5.13 Å². The molecule has 0 atom stereocenters. The predicted molar refractivity (Wildman–Crippen MR) is 77.3 cm³/mol. The Morgan fingerprint density at radius 3 is 2.89 bits per heavy atom. The fourth-order valence-corrected chi connectivity index (χ4v) is 3.96. The summed E-state index contributed by atoms with van der Waals surface area (Å²) in [6, 6.07) is 0. The smallest absolute Gasteiger partial charge is 0.232 e. The minimum Gasteiger partial charge on any atom is -0.311 e. The summed E-state index contributed by atoms with van der Waals surface area (Å²) in [4.78, 5) is 18.3. The van der Waals surface area contributed by atoms with Crippen molar-refractivity contribution in [2.45, 2.75) is 52.0 Å². The van der Waals surface area contributed by atoms with Gasteiger partial charge in [-0.05, 0) is 12.8 Å². The number of carbonyl (C=O) groups is 1. The van der Waals surface area contributed by atoms with Gasteiger partial charge in [0.05, 0.1) is 5.69 Å². The number of rotatable bonds is 2. The van der Waals surface area contributed by atoms with Crippen LogP contribution in [0.1, 0.15) is 49.6 Å². The van der Waals surface area contributed by atoms with E-state index in [0.29, 0.717) is 0 Å². The van der Waals surface area contributed by atoms with E-state index in [0.717, 1.165) is 43.2 Å². The van der Waals surface area contributed by atoms with Crippen LogP contribution in [-0.2, 0) is 17.8 Å². The van der Waals surface area contributed by atoms with Crippen molar-refractivity contribution in [3.05, 3.63) is 10.6 Å². The lowest BCUT2D eigenvalue weighted by Gasteiger charge is -2.31. The summed E-state index contributed by atoms with van der Waals surface area (Å²) in [5.74, 6) is 0.159. The molecule has 0 spiro atoms. The number of nitrogens with zero attached hydrogens (tertiary/aromatic N) is 1. The molecule has 2 aliphatic rings. The average Bonchev–Trinajstić information content (AvgIpc) is 2.81. The molecule has 2 heterocycles. The number of fused-ring (bicyclic) bond motifs is 1. The summed E-state index contributed by atoms with van der Waals surface area (Å²) in [5, 5.41) is 7.17. The van der Waals surface area contributed by atoms with Crippen LogP contribution in [0.2, 0.25) is 0 Å². The van der Waals surface area contributed by atoms with Crippen LogP contribution in [0.25, 0.3) is 0 Å². The van der Waals surface area contributed by atoms with Gasteiger partial charge < -0.3 is 10.6 Å². The van der Waals surface area contributed by atoms with Gasteiger partial charge in [-0.1, -0.05) is 26.2 Å². The van der Waals surface area contributed by atoms with E-state index in [-0.39, 0.29) is 11.3 Å². The highest BCUT2D eigenvalue weighted by Gasteiger charge is 2.35. The van der Waals surface area contributed by atoms with Crippen molar-refractivity contribution < 1.29 is 4.79 Å². The maximum absolute atomic E-state index is 12.4. The summed E-state index contributed by atoms with van der Waals surface area (Å²) < 4.78 is 0. The van der Waals surface area contributed by atoms with Crippen LogP contribution in [0, 0.1) is 5.41 Å². The first kappa shape index (κ1) is 13.1. The second-order valence-corrected chi connectivity index (χ2v) is 6.97. The number of nitrogens with one attached hydrogen (secondary N) is 2. The molecule has 19 heavy (non-hydrogen) atoms. The van der Waals surface area contributed by atoms with Crippen molar-refractivity contribution in [1.82, 2.24) is 10.3 Å². The van der Waals surface area contributed by atoms with E-state index >= 15 is 0 Å². The molecule has 1 fully saturated rings. The average molecular weight is 279 g/mol. The maximum Gasteiger partial charge on any atom is 0.232 e. The Bertz CT molecular complexity index is 454. The molecule has 1 amide bonds. The zero-order chi connectivity index (χ0) is 13.3. The second-order valence-electron chi connectivity index (χ2n) is 5.89. The molecule has 2 N–H and O–H groups in total. The molecule has 0 saturated heterocycles. The molecular formula is C14H21N3OS. The zero-order valence-electron chi connectivity index (χ0n) is 11.4. The third kappa shape index (κ3) is 2.67. The number of carbonyl (C=O) groups excluding carboxylic acids is 1. The van der Waals surface area contributed by atoms with Gasteiger partial charge in [-0.25, -0.2) is 4.98 Å². The Labute approximate surface area is 118 Å². The highest BCUT2D eigenvalue weighted by Crippen LogP contribution is 2.37. The van der Waals surface area contributed by atoms with Gasteiger partial charge in [-0.2, -0.15) is 0 Å². The highest BCUT2D eigenvalue weighted by atomic mass is 32.1. The van der Waals surface area contributed by atoms with Crippen molar-refractivity contribution in [3.8, 4) is 0 Å². The molecule has 4 nitrogen and oxygen atoms in total. The summed E-state index contributed by atoms with van der Waals surface area (Å²) in [5.41, 5.74) is 0.968. The topological polar surface area (TPSA) is 54.0 Å². The Kier molecular flexibility index (Phi) is 3.58. The second kappa shape index (κ2) is 5.21. The van der Waals surface area contributed by atoms with Crippen LogP contribution in [0.5, 0.6) is 0 Å². The fourth-order valence-electron chi connectivity index (χ4n) is 2.99. The van der Waals surface area contributed by atoms with Crippen molar-refractivity contribution in [3.63, 3.8) is 0 Å². The fraction of sp³-hybridized carbons (Fsp3) is 0.714. The molecule has 1 aromatic rings. The molecule has 0 unspecified atom stereocenters. The van der Waals surface area contributed by atoms with Gasteiger partial charge in [0.25, 0.3) is 0 Å². The molecule has 3 rings (SSSR count). The summed E-state index contributed by atoms with van der Waals surface area (Å²) in [6.07, 6.45) is 6.58. The minimum absolute atomic E-state index is 0.159. The molecule has 0 aromatic carbocycles. The summed E-state index contributed by atoms with van der Waals surface area (Å²) in [7, 11) is 0. The van der Waals surface area contributed by atoms with Crippen LogP contribution >= 0.6 is 11.3 Å². The van der Waals surface area contributed by atoms with E-state index in [2.05, 4.69) is 22.5 Å². The van der Waals surface area contributed by atoms with Gasteiger partial charge in [0, 0.05) is 29.8 Å². The van der Waals surface area contributed by atoms with E-state index in [1.807, 2.05) is 0 Å². The first-order valence-electron chi connectivity index (χ1n) is 7.18. The molecule has 0 radical (unpaired) electrons. The van der Waals surface area contributed by atoms with Gasteiger partial charge in [-0.3, -0.25) is 4.79 Å². The van der Waals surface area contributed by atoms with Crippen LogP contribution in [0.3, 0.4) is 0 Å².